The standard InChI is InChI=1S/C17H23F13S/c18-12(19,10-8-6-4-2-1-3-5-7-9-11-31)13(20,21)14(22,23)15(24,25)16(26,27)17(28,29)30/h31H,1-11H2. The zero-order valence-electron chi connectivity index (χ0n) is 16.1. The number of thiol groups is 1. The van der Waals surface area contributed by atoms with Crippen LogP contribution in [0.5, 0.6) is 0 Å². The molecule has 0 aliphatic carbocycles. The summed E-state index contributed by atoms with van der Waals surface area (Å²) in [5.74, 6) is -35.6. The quantitative estimate of drug-likeness (QED) is 0.128. The second-order valence-corrected chi connectivity index (χ2v) is 7.60. The predicted molar refractivity (Wildman–Crippen MR) is 90.8 cm³/mol. The van der Waals surface area contributed by atoms with Gasteiger partial charge in [0.05, 0.1) is 0 Å². The van der Waals surface area contributed by atoms with E-state index in [1.54, 1.807) is 0 Å². The lowest BCUT2D eigenvalue weighted by molar-refractivity contribution is -0.440. The summed E-state index contributed by atoms with van der Waals surface area (Å²) in [7, 11) is 0. The molecule has 0 radical (unpaired) electrons. The number of hydrogen-bond donors (Lipinski definition) is 1. The Hall–Kier alpha value is -0.560. The number of alkyl halides is 13. The van der Waals surface area contributed by atoms with Crippen molar-refractivity contribution in [2.45, 2.75) is 100.0 Å². The molecule has 0 heterocycles. The van der Waals surface area contributed by atoms with Gasteiger partial charge in [0.1, 0.15) is 0 Å². The molecule has 0 aromatic rings. The minimum absolute atomic E-state index is 0.178. The summed E-state index contributed by atoms with van der Waals surface area (Å²) in [5, 5.41) is 0. The average molecular weight is 506 g/mol. The van der Waals surface area contributed by atoms with Gasteiger partial charge in [0.15, 0.2) is 0 Å². The molecule has 0 saturated carbocycles. The van der Waals surface area contributed by atoms with E-state index in [0.717, 1.165) is 31.4 Å². The Morgan fingerprint density at radius 2 is 0.710 bits per heavy atom. The molecule has 188 valence electrons. The lowest BCUT2D eigenvalue weighted by atomic mass is 9.91. The molecule has 0 spiro atoms. The fourth-order valence-electron chi connectivity index (χ4n) is 2.66. The summed E-state index contributed by atoms with van der Waals surface area (Å²) in [5.41, 5.74) is 0. The molecule has 0 rings (SSSR count). The Morgan fingerprint density at radius 3 is 1.06 bits per heavy atom. The van der Waals surface area contributed by atoms with Crippen LogP contribution in [0.2, 0.25) is 0 Å². The molecule has 0 aromatic carbocycles. The van der Waals surface area contributed by atoms with Crippen LogP contribution in [0.15, 0.2) is 0 Å². The van der Waals surface area contributed by atoms with Crippen molar-refractivity contribution in [2.75, 3.05) is 5.75 Å². The molecule has 0 saturated heterocycles. The molecule has 0 N–H and O–H groups in total. The van der Waals surface area contributed by atoms with Crippen LogP contribution in [-0.4, -0.2) is 41.5 Å². The first-order valence-corrected chi connectivity index (χ1v) is 10.0. The zero-order chi connectivity index (χ0) is 24.8. The summed E-state index contributed by atoms with van der Waals surface area (Å²) < 4.78 is 168. The fourth-order valence-corrected chi connectivity index (χ4v) is 2.88. The largest absolute Gasteiger partial charge is 0.460 e. The molecule has 0 amide bonds. The van der Waals surface area contributed by atoms with Gasteiger partial charge >= 0.3 is 35.8 Å². The van der Waals surface area contributed by atoms with Crippen molar-refractivity contribution in [1.29, 1.82) is 0 Å². The van der Waals surface area contributed by atoms with Gasteiger partial charge in [-0.3, -0.25) is 0 Å². The van der Waals surface area contributed by atoms with Crippen molar-refractivity contribution in [3.8, 4) is 0 Å². The third-order valence-corrected chi connectivity index (χ3v) is 4.96. The highest BCUT2D eigenvalue weighted by Crippen LogP contribution is 2.60. The van der Waals surface area contributed by atoms with Gasteiger partial charge in [-0.15, -0.1) is 0 Å². The second kappa shape index (κ2) is 11.0. The van der Waals surface area contributed by atoms with Crippen LogP contribution < -0.4 is 0 Å². The summed E-state index contributed by atoms with van der Waals surface area (Å²) >= 11 is 4.02. The van der Waals surface area contributed by atoms with Crippen molar-refractivity contribution in [3.63, 3.8) is 0 Å². The first-order chi connectivity index (χ1) is 13.8. The molecule has 0 atom stereocenters. The molecule has 0 aliphatic rings. The number of rotatable bonds is 15. The monoisotopic (exact) mass is 506 g/mol. The van der Waals surface area contributed by atoms with Gasteiger partial charge in [0.25, 0.3) is 0 Å². The van der Waals surface area contributed by atoms with Crippen molar-refractivity contribution >= 4 is 12.6 Å². The Balaban J connectivity index is 4.95. The minimum atomic E-state index is -7.82. The van der Waals surface area contributed by atoms with Crippen LogP contribution in [-0.2, 0) is 0 Å². The van der Waals surface area contributed by atoms with Crippen LogP contribution in [0.4, 0.5) is 57.1 Å². The SMILES string of the molecule is FC(F)(F)C(F)(F)C(F)(F)C(F)(F)C(F)(F)C(F)(F)CCCCCCCCCCCS. The van der Waals surface area contributed by atoms with Gasteiger partial charge in [0, 0.05) is 6.42 Å². The highest BCUT2D eigenvalue weighted by molar-refractivity contribution is 7.80. The van der Waals surface area contributed by atoms with Gasteiger partial charge in [-0.1, -0.05) is 44.9 Å². The Labute approximate surface area is 176 Å². The van der Waals surface area contributed by atoms with Crippen molar-refractivity contribution < 1.29 is 57.1 Å². The molecule has 0 aliphatic heterocycles. The molecular formula is C17H23F13S. The number of unbranched alkanes of at least 4 members (excludes halogenated alkanes) is 8. The Morgan fingerprint density at radius 1 is 0.387 bits per heavy atom. The van der Waals surface area contributed by atoms with E-state index in [0.29, 0.717) is 12.8 Å². The lowest BCUT2D eigenvalue weighted by Gasteiger charge is -2.39. The zero-order valence-corrected chi connectivity index (χ0v) is 17.0. The van der Waals surface area contributed by atoms with Gasteiger partial charge in [-0.05, 0) is 18.6 Å². The maximum Gasteiger partial charge on any atom is 0.460 e. The van der Waals surface area contributed by atoms with Gasteiger partial charge in [0.2, 0.25) is 0 Å². The van der Waals surface area contributed by atoms with Gasteiger partial charge in [-0.2, -0.15) is 69.7 Å². The van der Waals surface area contributed by atoms with E-state index in [1.807, 2.05) is 0 Å². The molecule has 0 nitrogen and oxygen atoms in total. The van der Waals surface area contributed by atoms with Gasteiger partial charge in [-0.25, -0.2) is 0 Å². The molecule has 31 heavy (non-hydrogen) atoms. The van der Waals surface area contributed by atoms with Crippen molar-refractivity contribution in [1.82, 2.24) is 0 Å². The Bertz CT molecular complexity index is 529. The normalized spacial score (nSPS) is 14.9. The third kappa shape index (κ3) is 6.72. The van der Waals surface area contributed by atoms with Crippen LogP contribution in [0, 0.1) is 0 Å². The van der Waals surface area contributed by atoms with Crippen LogP contribution >= 0.6 is 12.6 Å². The van der Waals surface area contributed by atoms with E-state index in [4.69, 9.17) is 0 Å². The second-order valence-electron chi connectivity index (χ2n) is 7.16. The number of halogens is 13. The molecule has 0 unspecified atom stereocenters. The first kappa shape index (κ1) is 30.4. The molecular weight excluding hydrogens is 483 g/mol. The maximum atomic E-state index is 13.6. The van der Waals surface area contributed by atoms with E-state index < -0.39 is 48.6 Å². The summed E-state index contributed by atoms with van der Waals surface area (Å²) in [4.78, 5) is 0. The lowest BCUT2D eigenvalue weighted by Crippen LogP contribution is -2.70. The Kier molecular flexibility index (Phi) is 10.8. The summed E-state index contributed by atoms with van der Waals surface area (Å²) in [6, 6.07) is 0. The fraction of sp³-hybridized carbons (Fsp3) is 1.00. The third-order valence-electron chi connectivity index (χ3n) is 4.65. The van der Waals surface area contributed by atoms with Crippen LogP contribution in [0.25, 0.3) is 0 Å². The smallest absolute Gasteiger partial charge is 0.200 e. The van der Waals surface area contributed by atoms with Gasteiger partial charge < -0.3 is 0 Å². The molecule has 0 bridgehead atoms. The van der Waals surface area contributed by atoms with Crippen LogP contribution in [0.1, 0.15) is 64.2 Å². The predicted octanol–water partition coefficient (Wildman–Crippen LogP) is 8.56. The molecule has 0 fully saturated rings. The molecule has 14 heteroatoms. The highest BCUT2D eigenvalue weighted by atomic mass is 32.1. The highest BCUT2D eigenvalue weighted by Gasteiger charge is 2.90. The van der Waals surface area contributed by atoms with E-state index >= 15 is 0 Å². The minimum Gasteiger partial charge on any atom is -0.200 e. The van der Waals surface area contributed by atoms with Crippen molar-refractivity contribution in [2.24, 2.45) is 0 Å². The maximum absolute atomic E-state index is 13.6. The van der Waals surface area contributed by atoms with E-state index in [1.165, 1.54) is 0 Å². The summed E-state index contributed by atoms with van der Waals surface area (Å²) in [6.07, 6.45) is -5.57. The van der Waals surface area contributed by atoms with Crippen LogP contribution in [0.3, 0.4) is 0 Å². The first-order valence-electron chi connectivity index (χ1n) is 9.38. The van der Waals surface area contributed by atoms with E-state index in [9.17, 15) is 57.1 Å². The van der Waals surface area contributed by atoms with Crippen molar-refractivity contribution in [3.05, 3.63) is 0 Å². The van der Waals surface area contributed by atoms with E-state index in [-0.39, 0.29) is 12.8 Å². The van der Waals surface area contributed by atoms with E-state index in [2.05, 4.69) is 12.6 Å². The summed E-state index contributed by atoms with van der Waals surface area (Å²) in [6.45, 7) is 0. The average Bonchev–Trinajstić information content (AvgIpc) is 2.61. The number of hydrogen-bond acceptors (Lipinski definition) is 1. The molecule has 0 aromatic heterocycles. The topological polar surface area (TPSA) is 0 Å².